The third-order valence-corrected chi connectivity index (χ3v) is 4.61. The van der Waals surface area contributed by atoms with Crippen molar-refractivity contribution in [3.05, 3.63) is 59.7 Å². The summed E-state index contributed by atoms with van der Waals surface area (Å²) in [5.74, 6) is -1.10. The first kappa shape index (κ1) is 18.5. The highest BCUT2D eigenvalue weighted by Crippen LogP contribution is 2.25. The fourth-order valence-electron chi connectivity index (χ4n) is 2.94. The Labute approximate surface area is 160 Å². The number of ether oxygens (including phenoxy) is 1. The molecule has 2 aromatic heterocycles. The predicted molar refractivity (Wildman–Crippen MR) is 97.6 cm³/mol. The van der Waals surface area contributed by atoms with Crippen molar-refractivity contribution in [2.45, 2.75) is 25.4 Å². The lowest BCUT2D eigenvalue weighted by molar-refractivity contribution is -0.180. The van der Waals surface area contributed by atoms with Gasteiger partial charge in [0.05, 0.1) is 30.3 Å². The van der Waals surface area contributed by atoms with E-state index in [1.807, 2.05) is 13.0 Å². The molecule has 0 aliphatic carbocycles. The highest BCUT2D eigenvalue weighted by Gasteiger charge is 2.35. The van der Waals surface area contributed by atoms with Crippen LogP contribution in [0.15, 0.2) is 36.8 Å². The van der Waals surface area contributed by atoms with Gasteiger partial charge in [0.1, 0.15) is 23.6 Å². The van der Waals surface area contributed by atoms with Crippen LogP contribution in [0, 0.1) is 18.6 Å². The molecule has 1 aliphatic heterocycles. The number of rotatable bonds is 6. The van der Waals surface area contributed by atoms with E-state index in [9.17, 15) is 13.9 Å². The minimum atomic E-state index is -0.751. The topological polar surface area (TPSA) is 85.1 Å². The Kier molecular flexibility index (Phi) is 4.78. The number of aromatic nitrogens is 4. The number of hydrogen-bond acceptors (Lipinski definition) is 6. The molecule has 0 amide bonds. The van der Waals surface area contributed by atoms with Crippen molar-refractivity contribution in [3.8, 4) is 5.69 Å². The summed E-state index contributed by atoms with van der Waals surface area (Å²) in [6.45, 7) is 2.57. The van der Waals surface area contributed by atoms with Gasteiger partial charge < -0.3 is 15.2 Å². The predicted octanol–water partition coefficient (Wildman–Crippen LogP) is 2.69. The van der Waals surface area contributed by atoms with Crippen LogP contribution in [0.3, 0.4) is 0 Å². The molecule has 1 saturated heterocycles. The van der Waals surface area contributed by atoms with Gasteiger partial charge in [-0.3, -0.25) is 4.98 Å². The maximum atomic E-state index is 13.4. The van der Waals surface area contributed by atoms with Crippen LogP contribution in [-0.2, 0) is 11.2 Å². The summed E-state index contributed by atoms with van der Waals surface area (Å²) in [7, 11) is 0. The smallest absolute Gasteiger partial charge is 0.247 e. The summed E-state index contributed by atoms with van der Waals surface area (Å²) in [6, 6.07) is 5.06. The summed E-state index contributed by atoms with van der Waals surface area (Å²) in [5, 5.41) is 17.4. The zero-order chi connectivity index (χ0) is 19.7. The van der Waals surface area contributed by atoms with Crippen LogP contribution in [0.2, 0.25) is 0 Å². The van der Waals surface area contributed by atoms with Crippen LogP contribution in [0.1, 0.15) is 17.7 Å². The number of aliphatic hydroxyl groups is 1. The van der Waals surface area contributed by atoms with E-state index in [4.69, 9.17) is 4.74 Å². The normalized spacial score (nSPS) is 15.3. The Morgan fingerprint density at radius 1 is 1.18 bits per heavy atom. The molecule has 7 nitrogen and oxygen atoms in total. The minimum Gasteiger partial charge on any atom is -0.385 e. The average molecular weight is 387 g/mol. The van der Waals surface area contributed by atoms with E-state index < -0.39 is 17.2 Å². The Morgan fingerprint density at radius 3 is 2.61 bits per heavy atom. The third kappa shape index (κ3) is 4.00. The molecule has 1 fully saturated rings. The number of nitrogens with one attached hydrogen (secondary N) is 1. The van der Waals surface area contributed by atoms with E-state index in [1.165, 1.54) is 23.1 Å². The number of anilines is 2. The van der Waals surface area contributed by atoms with E-state index in [0.717, 1.165) is 23.0 Å². The molecule has 0 spiro atoms. The van der Waals surface area contributed by atoms with Crippen molar-refractivity contribution in [2.75, 3.05) is 18.5 Å². The molecule has 0 bridgehead atoms. The number of nitrogens with zero attached hydrogens (tertiary/aromatic N) is 4. The van der Waals surface area contributed by atoms with Crippen LogP contribution < -0.4 is 5.32 Å². The van der Waals surface area contributed by atoms with Crippen LogP contribution in [0.4, 0.5) is 20.4 Å². The third-order valence-electron chi connectivity index (χ3n) is 4.61. The molecule has 2 N–H and O–H groups in total. The number of aryl methyl sites for hydroxylation is 2. The highest BCUT2D eigenvalue weighted by atomic mass is 19.1. The van der Waals surface area contributed by atoms with Gasteiger partial charge in [-0.15, -0.1) is 5.10 Å². The Bertz CT molecular complexity index is 983. The van der Waals surface area contributed by atoms with Gasteiger partial charge in [0, 0.05) is 12.3 Å². The fraction of sp³-hybridized carbons (Fsp3) is 0.316. The molecule has 0 atom stereocenters. The van der Waals surface area contributed by atoms with Crippen molar-refractivity contribution in [1.29, 1.82) is 0 Å². The van der Waals surface area contributed by atoms with Gasteiger partial charge in [0.2, 0.25) is 5.95 Å². The first-order valence-electron chi connectivity index (χ1n) is 8.81. The van der Waals surface area contributed by atoms with Crippen molar-refractivity contribution < 1.29 is 18.6 Å². The number of pyridine rings is 1. The number of hydrogen-bond donors (Lipinski definition) is 2. The fourth-order valence-corrected chi connectivity index (χ4v) is 2.94. The lowest BCUT2D eigenvalue weighted by Crippen LogP contribution is -2.49. The first-order chi connectivity index (χ1) is 13.4. The highest BCUT2D eigenvalue weighted by molar-refractivity contribution is 5.57. The second-order valence-electron chi connectivity index (χ2n) is 6.96. The largest absolute Gasteiger partial charge is 0.385 e. The van der Waals surface area contributed by atoms with Crippen molar-refractivity contribution >= 4 is 11.6 Å². The zero-order valence-corrected chi connectivity index (χ0v) is 15.2. The monoisotopic (exact) mass is 387 g/mol. The summed E-state index contributed by atoms with van der Waals surface area (Å²) < 4.78 is 33.1. The molecule has 146 valence electrons. The molecule has 4 rings (SSSR count). The maximum absolute atomic E-state index is 13.4. The minimum absolute atomic E-state index is 0.234. The van der Waals surface area contributed by atoms with E-state index in [-0.39, 0.29) is 11.6 Å². The SMILES string of the molecule is Cc1ncc(CCC2(O)COC2)cc1Nc1ncn(-c2cc(F)cc(F)c2)n1. The summed E-state index contributed by atoms with van der Waals surface area (Å²) in [5.41, 5.74) is 1.91. The lowest BCUT2D eigenvalue weighted by Gasteiger charge is -2.36. The van der Waals surface area contributed by atoms with Gasteiger partial charge in [-0.25, -0.2) is 13.5 Å². The molecule has 9 heteroatoms. The number of benzene rings is 1. The van der Waals surface area contributed by atoms with Gasteiger partial charge >= 0.3 is 0 Å². The van der Waals surface area contributed by atoms with E-state index in [0.29, 0.717) is 26.1 Å². The molecule has 1 aliphatic rings. The second kappa shape index (κ2) is 7.25. The molecule has 0 saturated carbocycles. The lowest BCUT2D eigenvalue weighted by atomic mass is 9.94. The van der Waals surface area contributed by atoms with Crippen LogP contribution in [0.5, 0.6) is 0 Å². The maximum Gasteiger partial charge on any atom is 0.247 e. The van der Waals surface area contributed by atoms with E-state index in [2.05, 4.69) is 20.4 Å². The van der Waals surface area contributed by atoms with Crippen molar-refractivity contribution in [2.24, 2.45) is 0 Å². The van der Waals surface area contributed by atoms with E-state index in [1.54, 1.807) is 6.20 Å². The average Bonchev–Trinajstić information content (AvgIpc) is 3.08. The summed E-state index contributed by atoms with van der Waals surface area (Å²) in [6.07, 6.45) is 4.39. The zero-order valence-electron chi connectivity index (χ0n) is 15.2. The molecular formula is C19H19F2N5O2. The standard InChI is InChI=1S/C19H19F2N5O2/c1-12-17(4-13(8-22-12)2-3-19(27)9-28-10-19)24-18-23-11-26(25-18)16-6-14(20)5-15(21)7-16/h4-8,11,27H,2-3,9-10H2,1H3,(H,24,25). The van der Waals surface area contributed by atoms with Gasteiger partial charge in [-0.2, -0.15) is 4.98 Å². The Balaban J connectivity index is 1.49. The van der Waals surface area contributed by atoms with E-state index >= 15 is 0 Å². The molecule has 28 heavy (non-hydrogen) atoms. The summed E-state index contributed by atoms with van der Waals surface area (Å²) in [4.78, 5) is 8.51. The van der Waals surface area contributed by atoms with Gasteiger partial charge in [0.25, 0.3) is 0 Å². The van der Waals surface area contributed by atoms with Crippen LogP contribution >= 0.6 is 0 Å². The number of halogens is 2. The quantitative estimate of drug-likeness (QED) is 0.677. The van der Waals surface area contributed by atoms with Crippen molar-refractivity contribution in [1.82, 2.24) is 19.7 Å². The van der Waals surface area contributed by atoms with Crippen LogP contribution in [-0.4, -0.2) is 43.7 Å². The Hall–Kier alpha value is -2.91. The van der Waals surface area contributed by atoms with Gasteiger partial charge in [-0.1, -0.05) is 0 Å². The van der Waals surface area contributed by atoms with Crippen molar-refractivity contribution in [3.63, 3.8) is 0 Å². The van der Waals surface area contributed by atoms with Gasteiger partial charge in [0.15, 0.2) is 0 Å². The Morgan fingerprint density at radius 2 is 1.93 bits per heavy atom. The second-order valence-corrected chi connectivity index (χ2v) is 6.96. The molecule has 3 aromatic rings. The molecule has 3 heterocycles. The summed E-state index contributed by atoms with van der Waals surface area (Å²) >= 11 is 0. The van der Waals surface area contributed by atoms with Gasteiger partial charge in [-0.05, 0) is 43.5 Å². The molecule has 0 unspecified atom stereocenters. The first-order valence-corrected chi connectivity index (χ1v) is 8.81. The molecular weight excluding hydrogens is 368 g/mol. The molecule has 1 aromatic carbocycles. The molecule has 0 radical (unpaired) electrons. The van der Waals surface area contributed by atoms with Crippen LogP contribution in [0.25, 0.3) is 5.69 Å².